The highest BCUT2D eigenvalue weighted by atomic mass is 35.5. The lowest BCUT2D eigenvalue weighted by Gasteiger charge is -2.09. The van der Waals surface area contributed by atoms with Crippen LogP contribution in [-0.4, -0.2) is 28.7 Å². The molecule has 0 atom stereocenters. The SMILES string of the molecule is COCCNS(=O)(=O)c1cc(F)c(Cl)c(CN)c1. The fraction of sp³-hybridized carbons (Fsp3) is 0.400. The van der Waals surface area contributed by atoms with Gasteiger partial charge >= 0.3 is 0 Å². The van der Waals surface area contributed by atoms with Gasteiger partial charge in [0.15, 0.2) is 0 Å². The van der Waals surface area contributed by atoms with Crippen LogP contribution in [-0.2, 0) is 21.3 Å². The zero-order chi connectivity index (χ0) is 13.8. The van der Waals surface area contributed by atoms with E-state index >= 15 is 0 Å². The smallest absolute Gasteiger partial charge is 0.240 e. The molecule has 0 aliphatic heterocycles. The Morgan fingerprint density at radius 3 is 2.72 bits per heavy atom. The first kappa shape index (κ1) is 15.3. The number of ether oxygens (including phenoxy) is 1. The van der Waals surface area contributed by atoms with Crippen molar-refractivity contribution in [3.8, 4) is 0 Å². The number of hydrogen-bond acceptors (Lipinski definition) is 4. The first-order chi connectivity index (χ1) is 8.42. The molecule has 0 bridgehead atoms. The monoisotopic (exact) mass is 296 g/mol. The first-order valence-corrected chi connectivity index (χ1v) is 6.95. The number of rotatable bonds is 6. The van der Waals surface area contributed by atoms with Gasteiger partial charge in [0.2, 0.25) is 10.0 Å². The molecule has 3 N–H and O–H groups in total. The molecular weight excluding hydrogens is 283 g/mol. The Morgan fingerprint density at radius 2 is 2.17 bits per heavy atom. The normalized spacial score (nSPS) is 11.8. The van der Waals surface area contributed by atoms with Crippen LogP contribution in [0.1, 0.15) is 5.56 Å². The van der Waals surface area contributed by atoms with Gasteiger partial charge in [0, 0.05) is 20.2 Å². The molecule has 0 unspecified atom stereocenters. The van der Waals surface area contributed by atoms with Gasteiger partial charge in [0.25, 0.3) is 0 Å². The van der Waals surface area contributed by atoms with Gasteiger partial charge in [-0.3, -0.25) is 0 Å². The molecule has 8 heteroatoms. The maximum absolute atomic E-state index is 13.4. The topological polar surface area (TPSA) is 81.4 Å². The molecule has 0 radical (unpaired) electrons. The van der Waals surface area contributed by atoms with Crippen molar-refractivity contribution < 1.29 is 17.5 Å². The third-order valence-corrected chi connectivity index (χ3v) is 4.07. The number of nitrogens with one attached hydrogen (secondary N) is 1. The summed E-state index contributed by atoms with van der Waals surface area (Å²) in [5.74, 6) is -0.813. The van der Waals surface area contributed by atoms with Gasteiger partial charge in [0.1, 0.15) is 5.82 Å². The van der Waals surface area contributed by atoms with Crippen molar-refractivity contribution in [3.63, 3.8) is 0 Å². The number of nitrogens with two attached hydrogens (primary N) is 1. The van der Waals surface area contributed by atoms with E-state index in [0.29, 0.717) is 0 Å². The zero-order valence-electron chi connectivity index (χ0n) is 9.74. The maximum Gasteiger partial charge on any atom is 0.240 e. The molecule has 1 aromatic rings. The van der Waals surface area contributed by atoms with E-state index in [1.165, 1.54) is 13.2 Å². The summed E-state index contributed by atoms with van der Waals surface area (Å²) in [6.45, 7) is 0.275. The van der Waals surface area contributed by atoms with E-state index in [9.17, 15) is 12.8 Å². The van der Waals surface area contributed by atoms with Crippen molar-refractivity contribution in [3.05, 3.63) is 28.5 Å². The summed E-state index contributed by atoms with van der Waals surface area (Å²) >= 11 is 5.65. The summed E-state index contributed by atoms with van der Waals surface area (Å²) in [4.78, 5) is -0.207. The van der Waals surface area contributed by atoms with Crippen LogP contribution in [0.5, 0.6) is 0 Å². The zero-order valence-corrected chi connectivity index (χ0v) is 11.3. The first-order valence-electron chi connectivity index (χ1n) is 5.09. The summed E-state index contributed by atoms with van der Waals surface area (Å²) in [6, 6.07) is 2.11. The molecule has 1 rings (SSSR count). The van der Waals surface area contributed by atoms with Crippen LogP contribution in [0.4, 0.5) is 4.39 Å². The lowest BCUT2D eigenvalue weighted by atomic mass is 10.2. The lowest BCUT2D eigenvalue weighted by Crippen LogP contribution is -2.27. The fourth-order valence-corrected chi connectivity index (χ4v) is 2.54. The Kier molecular flexibility index (Phi) is 5.48. The highest BCUT2D eigenvalue weighted by molar-refractivity contribution is 7.89. The molecule has 5 nitrogen and oxygen atoms in total. The summed E-state index contributed by atoms with van der Waals surface area (Å²) in [6.07, 6.45) is 0. The summed E-state index contributed by atoms with van der Waals surface area (Å²) < 4.78 is 44.1. The van der Waals surface area contributed by atoms with Gasteiger partial charge in [-0.25, -0.2) is 17.5 Å². The van der Waals surface area contributed by atoms with Gasteiger partial charge in [-0.1, -0.05) is 11.6 Å². The standard InChI is InChI=1S/C10H14ClFN2O3S/c1-17-3-2-14-18(15,16)8-4-7(6-13)10(11)9(12)5-8/h4-5,14H,2-3,6,13H2,1H3. The van der Waals surface area contributed by atoms with Gasteiger partial charge < -0.3 is 10.5 Å². The minimum atomic E-state index is -3.79. The van der Waals surface area contributed by atoms with Crippen molar-refractivity contribution in [2.75, 3.05) is 20.3 Å². The Morgan fingerprint density at radius 1 is 1.50 bits per heavy atom. The van der Waals surface area contributed by atoms with Crippen molar-refractivity contribution in [2.45, 2.75) is 11.4 Å². The van der Waals surface area contributed by atoms with Crippen LogP contribution < -0.4 is 10.5 Å². The third-order valence-electron chi connectivity index (χ3n) is 2.21. The van der Waals surface area contributed by atoms with E-state index < -0.39 is 15.8 Å². The van der Waals surface area contributed by atoms with Crippen molar-refractivity contribution in [1.82, 2.24) is 4.72 Å². The van der Waals surface area contributed by atoms with Crippen LogP contribution >= 0.6 is 11.6 Å². The third kappa shape index (κ3) is 3.63. The van der Waals surface area contributed by atoms with E-state index in [2.05, 4.69) is 4.72 Å². The second-order valence-electron chi connectivity index (χ2n) is 3.47. The van der Waals surface area contributed by atoms with Crippen LogP contribution in [0.15, 0.2) is 17.0 Å². The van der Waals surface area contributed by atoms with Gasteiger partial charge in [-0.2, -0.15) is 0 Å². The fourth-order valence-electron chi connectivity index (χ4n) is 1.28. The van der Waals surface area contributed by atoms with E-state index in [-0.39, 0.29) is 35.2 Å². The molecule has 0 saturated carbocycles. The molecule has 0 aliphatic rings. The van der Waals surface area contributed by atoms with Crippen LogP contribution in [0.25, 0.3) is 0 Å². The molecule has 0 fully saturated rings. The largest absolute Gasteiger partial charge is 0.383 e. The van der Waals surface area contributed by atoms with Gasteiger partial charge in [0.05, 0.1) is 16.5 Å². The second kappa shape index (κ2) is 6.44. The Labute approximate surface area is 110 Å². The van der Waals surface area contributed by atoms with E-state index in [1.54, 1.807) is 0 Å². The number of sulfonamides is 1. The predicted molar refractivity (Wildman–Crippen MR) is 66.4 cm³/mol. The van der Waals surface area contributed by atoms with Crippen LogP contribution in [0.3, 0.4) is 0 Å². The molecular formula is C10H14ClFN2O3S. The number of hydrogen-bond donors (Lipinski definition) is 2. The number of methoxy groups -OCH3 is 1. The van der Waals surface area contributed by atoms with Gasteiger partial charge in [-0.15, -0.1) is 0 Å². The maximum atomic E-state index is 13.4. The Hall–Kier alpha value is -0.730. The lowest BCUT2D eigenvalue weighted by molar-refractivity contribution is 0.204. The molecule has 18 heavy (non-hydrogen) atoms. The number of halogens is 2. The molecule has 102 valence electrons. The Bertz CT molecular complexity index is 522. The molecule has 0 saturated heterocycles. The van der Waals surface area contributed by atoms with Crippen LogP contribution in [0, 0.1) is 5.82 Å². The van der Waals surface area contributed by atoms with Crippen molar-refractivity contribution >= 4 is 21.6 Å². The second-order valence-corrected chi connectivity index (χ2v) is 5.62. The molecule has 0 heterocycles. The minimum Gasteiger partial charge on any atom is -0.383 e. The van der Waals surface area contributed by atoms with Crippen molar-refractivity contribution in [2.24, 2.45) is 5.73 Å². The number of benzene rings is 1. The molecule has 0 spiro atoms. The average molecular weight is 297 g/mol. The van der Waals surface area contributed by atoms with Crippen LogP contribution in [0.2, 0.25) is 5.02 Å². The van der Waals surface area contributed by atoms with Crippen molar-refractivity contribution in [1.29, 1.82) is 0 Å². The highest BCUT2D eigenvalue weighted by Gasteiger charge is 2.18. The average Bonchev–Trinajstić information content (AvgIpc) is 2.32. The van der Waals surface area contributed by atoms with E-state index in [1.807, 2.05) is 0 Å². The highest BCUT2D eigenvalue weighted by Crippen LogP contribution is 2.23. The molecule has 0 aromatic heterocycles. The van der Waals surface area contributed by atoms with E-state index in [0.717, 1.165) is 6.07 Å². The quantitative estimate of drug-likeness (QED) is 0.763. The van der Waals surface area contributed by atoms with Gasteiger partial charge in [-0.05, 0) is 17.7 Å². The molecule has 0 amide bonds. The minimum absolute atomic E-state index is 0.0445. The summed E-state index contributed by atoms with van der Waals surface area (Å²) in [5.41, 5.74) is 5.61. The summed E-state index contributed by atoms with van der Waals surface area (Å²) in [5, 5.41) is -0.159. The predicted octanol–water partition coefficient (Wildman–Crippen LogP) is 0.863. The molecule has 1 aromatic carbocycles. The Balaban J connectivity index is 3.05. The van der Waals surface area contributed by atoms with E-state index in [4.69, 9.17) is 22.1 Å². The molecule has 0 aliphatic carbocycles. The summed E-state index contributed by atoms with van der Waals surface area (Å²) in [7, 11) is -2.34.